The van der Waals surface area contributed by atoms with Gasteiger partial charge in [-0.25, -0.2) is 0 Å². The molecule has 4 nitrogen and oxygen atoms in total. The van der Waals surface area contributed by atoms with Gasteiger partial charge in [-0.15, -0.1) is 0 Å². The number of likely N-dealkylation sites (tertiary alicyclic amines) is 1. The van der Waals surface area contributed by atoms with Crippen LogP contribution in [-0.4, -0.2) is 52.4 Å². The van der Waals surface area contributed by atoms with Crippen molar-refractivity contribution in [2.45, 2.75) is 49.0 Å². The summed E-state index contributed by atoms with van der Waals surface area (Å²) in [5.41, 5.74) is 4.25. The van der Waals surface area contributed by atoms with Crippen LogP contribution in [0.4, 0.5) is 0 Å². The van der Waals surface area contributed by atoms with Crippen LogP contribution < -0.4 is 0 Å². The maximum absolute atomic E-state index is 13.3. The second-order valence-corrected chi connectivity index (χ2v) is 12.5. The molecule has 2 aliphatic rings. The molecule has 3 atom stereocenters. The van der Waals surface area contributed by atoms with Crippen LogP contribution in [0.5, 0.6) is 0 Å². The van der Waals surface area contributed by atoms with Gasteiger partial charge in [0.05, 0.1) is 26.9 Å². The van der Waals surface area contributed by atoms with E-state index in [0.717, 1.165) is 60.5 Å². The normalized spacial score (nSPS) is 19.9. The van der Waals surface area contributed by atoms with Crippen LogP contribution in [0.25, 0.3) is 0 Å². The monoisotopic (exact) mass is 568 g/mol. The molecule has 0 spiro atoms. The van der Waals surface area contributed by atoms with Gasteiger partial charge in [-0.05, 0) is 92.7 Å². The number of rotatable bonds is 8. The first-order valence-corrected chi connectivity index (χ1v) is 15.7. The third-order valence-corrected chi connectivity index (χ3v) is 9.94. The first-order valence-electron chi connectivity index (χ1n) is 13.4. The summed E-state index contributed by atoms with van der Waals surface area (Å²) in [7, 11) is -0.979. The highest BCUT2D eigenvalue weighted by Crippen LogP contribution is 2.45. The largest absolute Gasteiger partial charge is 0.331 e. The van der Waals surface area contributed by atoms with Crippen molar-refractivity contribution < 1.29 is 9.00 Å². The maximum Gasteiger partial charge on any atom is 0.254 e. The van der Waals surface area contributed by atoms with E-state index in [1.54, 1.807) is 6.26 Å². The Labute approximate surface area is 238 Å². The summed E-state index contributed by atoms with van der Waals surface area (Å²) in [4.78, 5) is 18.8. The molecule has 0 aromatic heterocycles. The van der Waals surface area contributed by atoms with Gasteiger partial charge in [0.2, 0.25) is 0 Å². The Balaban J connectivity index is 1.36. The van der Waals surface area contributed by atoms with Crippen molar-refractivity contribution in [1.82, 2.24) is 9.80 Å². The molecule has 2 unspecified atom stereocenters. The van der Waals surface area contributed by atoms with Crippen molar-refractivity contribution in [2.75, 3.05) is 32.4 Å². The number of hydrogen-bond acceptors (Lipinski definition) is 3. The molecule has 7 heteroatoms. The van der Waals surface area contributed by atoms with E-state index >= 15 is 0 Å². The number of amides is 1. The number of fused-ring (bicyclic) bond motifs is 1. The smallest absolute Gasteiger partial charge is 0.254 e. The fourth-order valence-corrected chi connectivity index (χ4v) is 7.43. The van der Waals surface area contributed by atoms with Gasteiger partial charge in [0.1, 0.15) is 0 Å². The molecular weight excluding hydrogens is 535 g/mol. The highest BCUT2D eigenvalue weighted by molar-refractivity contribution is 7.84. The Hall–Kier alpha value is -2.18. The van der Waals surface area contributed by atoms with Crippen molar-refractivity contribution in [3.05, 3.63) is 99.0 Å². The Morgan fingerprint density at radius 1 is 0.947 bits per heavy atom. The number of carbonyl (C=O) groups is 1. The Morgan fingerprint density at radius 3 is 2.32 bits per heavy atom. The van der Waals surface area contributed by atoms with Gasteiger partial charge in [0.15, 0.2) is 0 Å². The SMILES string of the molecule is CCN1C(=O)c2ccccc2[C@H]1C(CCN1CCC(c2ccccc2S(C)=O)CC1)c1ccc(Cl)c(Cl)c1. The average molecular weight is 570 g/mol. The molecule has 2 heterocycles. The van der Waals surface area contributed by atoms with Crippen molar-refractivity contribution >= 4 is 39.9 Å². The van der Waals surface area contributed by atoms with Crippen LogP contribution in [0.1, 0.15) is 71.1 Å². The second kappa shape index (κ2) is 11.9. The molecule has 1 amide bonds. The Morgan fingerprint density at radius 2 is 1.63 bits per heavy atom. The van der Waals surface area contributed by atoms with E-state index in [9.17, 15) is 9.00 Å². The zero-order valence-electron chi connectivity index (χ0n) is 21.9. The zero-order chi connectivity index (χ0) is 26.8. The molecule has 1 fully saturated rings. The van der Waals surface area contributed by atoms with Gasteiger partial charge < -0.3 is 9.80 Å². The minimum atomic E-state index is -0.979. The lowest BCUT2D eigenvalue weighted by Crippen LogP contribution is -2.36. The van der Waals surface area contributed by atoms with Crippen LogP contribution in [0.15, 0.2) is 71.6 Å². The number of likely N-dealkylation sites (N-methyl/N-ethyl adjacent to an activating group) is 1. The van der Waals surface area contributed by atoms with Crippen molar-refractivity contribution in [3.63, 3.8) is 0 Å². The topological polar surface area (TPSA) is 40.6 Å². The summed E-state index contributed by atoms with van der Waals surface area (Å²) in [5, 5.41) is 1.09. The van der Waals surface area contributed by atoms with E-state index in [4.69, 9.17) is 23.2 Å². The molecule has 0 bridgehead atoms. The summed E-state index contributed by atoms with van der Waals surface area (Å²) in [6, 6.07) is 22.0. The molecule has 0 radical (unpaired) electrons. The van der Waals surface area contributed by atoms with Crippen molar-refractivity contribution in [1.29, 1.82) is 0 Å². The van der Waals surface area contributed by atoms with Crippen LogP contribution in [-0.2, 0) is 10.8 Å². The van der Waals surface area contributed by atoms with Gasteiger partial charge in [0.25, 0.3) is 5.91 Å². The number of benzene rings is 3. The van der Waals surface area contributed by atoms with E-state index < -0.39 is 10.8 Å². The van der Waals surface area contributed by atoms with Crippen molar-refractivity contribution in [3.8, 4) is 0 Å². The lowest BCUT2D eigenvalue weighted by Gasteiger charge is -2.36. The summed E-state index contributed by atoms with van der Waals surface area (Å²) in [5.74, 6) is 0.636. The lowest BCUT2D eigenvalue weighted by molar-refractivity contribution is 0.0703. The average Bonchev–Trinajstić information content (AvgIpc) is 3.22. The number of carbonyl (C=O) groups excluding carboxylic acids is 1. The van der Waals surface area contributed by atoms with E-state index in [1.165, 1.54) is 5.56 Å². The molecule has 2 aliphatic heterocycles. The molecule has 0 aliphatic carbocycles. The molecule has 5 rings (SSSR count). The minimum Gasteiger partial charge on any atom is -0.331 e. The molecule has 0 saturated carbocycles. The highest BCUT2D eigenvalue weighted by atomic mass is 35.5. The van der Waals surface area contributed by atoms with E-state index in [1.807, 2.05) is 47.4 Å². The van der Waals surface area contributed by atoms with Gasteiger partial charge in [-0.1, -0.05) is 65.7 Å². The summed E-state index contributed by atoms with van der Waals surface area (Å²) < 4.78 is 12.3. The zero-order valence-corrected chi connectivity index (χ0v) is 24.2. The second-order valence-electron chi connectivity index (χ2n) is 10.3. The van der Waals surface area contributed by atoms with Gasteiger partial charge in [-0.3, -0.25) is 9.00 Å². The van der Waals surface area contributed by atoms with Gasteiger partial charge in [0, 0.05) is 29.2 Å². The van der Waals surface area contributed by atoms with Crippen LogP contribution in [0.2, 0.25) is 10.0 Å². The van der Waals surface area contributed by atoms with E-state index in [-0.39, 0.29) is 17.9 Å². The molecule has 1 saturated heterocycles. The molecular formula is C31H34Cl2N2O2S. The predicted molar refractivity (Wildman–Crippen MR) is 157 cm³/mol. The number of halogens is 2. The van der Waals surface area contributed by atoms with E-state index in [0.29, 0.717) is 22.5 Å². The highest BCUT2D eigenvalue weighted by Gasteiger charge is 2.41. The summed E-state index contributed by atoms with van der Waals surface area (Å²) >= 11 is 12.8. The first kappa shape index (κ1) is 27.4. The fraction of sp³-hybridized carbons (Fsp3) is 0.387. The standard InChI is InChI=1S/C31H34Cl2N2O2S/c1-3-35-30(25-9-4-5-10-26(25)31(35)36)24(22-12-13-27(32)28(33)20-22)16-19-34-17-14-21(15-18-34)23-8-6-7-11-29(23)38(2)37/h4-13,20-21,24,30H,3,14-19H2,1-2H3/t24?,30-,38?/m1/s1. The van der Waals surface area contributed by atoms with E-state index in [2.05, 4.69) is 36.1 Å². The fourth-order valence-electron chi connectivity index (χ4n) is 6.29. The molecule has 200 valence electrons. The molecule has 38 heavy (non-hydrogen) atoms. The van der Waals surface area contributed by atoms with Gasteiger partial charge in [-0.2, -0.15) is 0 Å². The summed E-state index contributed by atoms with van der Waals surface area (Å²) in [6.45, 7) is 5.64. The third-order valence-electron chi connectivity index (χ3n) is 8.21. The number of piperidine rings is 1. The van der Waals surface area contributed by atoms with Crippen molar-refractivity contribution in [2.24, 2.45) is 0 Å². The van der Waals surface area contributed by atoms with Gasteiger partial charge >= 0.3 is 0 Å². The number of nitrogens with zero attached hydrogens (tertiary/aromatic N) is 2. The molecule has 0 N–H and O–H groups in total. The lowest BCUT2D eigenvalue weighted by atomic mass is 9.83. The first-order chi connectivity index (χ1) is 18.4. The molecule has 3 aromatic rings. The van der Waals surface area contributed by atoms with Crippen LogP contribution in [0.3, 0.4) is 0 Å². The van der Waals surface area contributed by atoms with Crippen LogP contribution >= 0.6 is 23.2 Å². The van der Waals surface area contributed by atoms with Crippen LogP contribution in [0, 0.1) is 0 Å². The Bertz CT molecular complexity index is 1340. The Kier molecular flexibility index (Phi) is 8.59. The molecule has 3 aromatic carbocycles. The minimum absolute atomic E-state index is 0.0371. The predicted octanol–water partition coefficient (Wildman–Crippen LogP) is 7.30. The number of hydrogen-bond donors (Lipinski definition) is 0. The maximum atomic E-state index is 13.3. The quantitative estimate of drug-likeness (QED) is 0.286. The third kappa shape index (κ3) is 5.44. The summed E-state index contributed by atoms with van der Waals surface area (Å²) in [6.07, 6.45) is 4.78.